The number of hydrogen-bond acceptors (Lipinski definition) is 3. The van der Waals surface area contributed by atoms with Crippen LogP contribution >= 0.6 is 11.3 Å². The van der Waals surface area contributed by atoms with Crippen LogP contribution in [0.25, 0.3) is 6.08 Å². The molecule has 0 atom stereocenters. The van der Waals surface area contributed by atoms with Gasteiger partial charge in [0.2, 0.25) is 0 Å². The molecule has 0 fully saturated rings. The summed E-state index contributed by atoms with van der Waals surface area (Å²) in [6.07, 6.45) is 4.38. The molecule has 0 saturated heterocycles. The standard InChI is InChI=1S/C20H20N2OS/c1-14-18(15(2)22(3)21-14)10-11-19(23)20-12-9-17(24-20)13-16-7-5-4-6-8-16/h4-12H,13H2,1-3H3/b11-10+. The zero-order chi connectivity index (χ0) is 17.1. The van der Waals surface area contributed by atoms with Gasteiger partial charge in [-0.15, -0.1) is 11.3 Å². The van der Waals surface area contributed by atoms with E-state index in [0.717, 1.165) is 28.2 Å². The predicted octanol–water partition coefficient (Wildman–Crippen LogP) is 4.59. The highest BCUT2D eigenvalue weighted by molar-refractivity contribution is 7.14. The lowest BCUT2D eigenvalue weighted by molar-refractivity contribution is 0.105. The van der Waals surface area contributed by atoms with E-state index in [9.17, 15) is 4.79 Å². The molecule has 3 nitrogen and oxygen atoms in total. The third-order valence-electron chi connectivity index (χ3n) is 4.09. The van der Waals surface area contributed by atoms with E-state index in [4.69, 9.17) is 0 Å². The molecule has 0 aliphatic rings. The van der Waals surface area contributed by atoms with Gasteiger partial charge < -0.3 is 0 Å². The smallest absolute Gasteiger partial charge is 0.195 e. The molecule has 0 amide bonds. The Labute approximate surface area is 146 Å². The molecule has 4 heteroatoms. The van der Waals surface area contributed by atoms with E-state index in [1.54, 1.807) is 17.4 Å². The van der Waals surface area contributed by atoms with Crippen LogP contribution in [0.15, 0.2) is 48.5 Å². The van der Waals surface area contributed by atoms with Crippen molar-refractivity contribution in [2.45, 2.75) is 20.3 Å². The number of aryl methyl sites for hydroxylation is 2. The van der Waals surface area contributed by atoms with E-state index < -0.39 is 0 Å². The molecule has 122 valence electrons. The fraction of sp³-hybridized carbons (Fsp3) is 0.200. The zero-order valence-corrected chi connectivity index (χ0v) is 14.9. The minimum Gasteiger partial charge on any atom is -0.288 e. The second-order valence-corrected chi connectivity index (χ2v) is 7.00. The minimum atomic E-state index is 0.0435. The van der Waals surface area contributed by atoms with E-state index in [1.807, 2.05) is 62.0 Å². The summed E-state index contributed by atoms with van der Waals surface area (Å²) in [5, 5.41) is 4.37. The van der Waals surface area contributed by atoms with Crippen LogP contribution in [0.3, 0.4) is 0 Å². The topological polar surface area (TPSA) is 34.9 Å². The predicted molar refractivity (Wildman–Crippen MR) is 99.6 cm³/mol. The Hall–Kier alpha value is -2.46. The number of carbonyl (C=O) groups is 1. The number of allylic oxidation sites excluding steroid dienone is 1. The van der Waals surface area contributed by atoms with Crippen LogP contribution in [0.2, 0.25) is 0 Å². The van der Waals surface area contributed by atoms with Gasteiger partial charge in [-0.25, -0.2) is 0 Å². The number of rotatable bonds is 5. The summed E-state index contributed by atoms with van der Waals surface area (Å²) in [4.78, 5) is 14.4. The van der Waals surface area contributed by atoms with Crippen molar-refractivity contribution in [3.8, 4) is 0 Å². The van der Waals surface area contributed by atoms with E-state index >= 15 is 0 Å². The summed E-state index contributed by atoms with van der Waals surface area (Å²) >= 11 is 1.56. The lowest BCUT2D eigenvalue weighted by Gasteiger charge is -1.97. The average molecular weight is 336 g/mol. The van der Waals surface area contributed by atoms with Gasteiger partial charge in [0.05, 0.1) is 10.6 Å². The molecule has 3 rings (SSSR count). The highest BCUT2D eigenvalue weighted by Gasteiger charge is 2.09. The van der Waals surface area contributed by atoms with Crippen LogP contribution in [-0.4, -0.2) is 15.6 Å². The second-order valence-electron chi connectivity index (χ2n) is 5.83. The second kappa shape index (κ2) is 6.97. The molecule has 0 aliphatic carbocycles. The van der Waals surface area contributed by atoms with E-state index in [2.05, 4.69) is 17.2 Å². The van der Waals surface area contributed by atoms with Gasteiger partial charge in [0.1, 0.15) is 0 Å². The summed E-state index contributed by atoms with van der Waals surface area (Å²) in [5.41, 5.74) is 4.28. The van der Waals surface area contributed by atoms with Gasteiger partial charge >= 0.3 is 0 Å². The summed E-state index contributed by atoms with van der Waals surface area (Å²) in [6, 6.07) is 14.3. The highest BCUT2D eigenvalue weighted by Crippen LogP contribution is 2.21. The van der Waals surface area contributed by atoms with Gasteiger partial charge in [-0.3, -0.25) is 9.48 Å². The molecule has 3 aromatic rings. The Bertz CT molecular complexity index is 888. The van der Waals surface area contributed by atoms with E-state index in [-0.39, 0.29) is 5.78 Å². The molecule has 0 bridgehead atoms. The first kappa shape index (κ1) is 16.4. The van der Waals surface area contributed by atoms with Crippen LogP contribution in [0.4, 0.5) is 0 Å². The number of carbonyl (C=O) groups excluding carboxylic acids is 1. The van der Waals surface area contributed by atoms with Crippen LogP contribution in [0.5, 0.6) is 0 Å². The van der Waals surface area contributed by atoms with Crippen molar-refractivity contribution in [3.05, 3.63) is 80.8 Å². The van der Waals surface area contributed by atoms with Crippen LogP contribution < -0.4 is 0 Å². The first-order chi connectivity index (χ1) is 11.5. The van der Waals surface area contributed by atoms with Crippen molar-refractivity contribution in [2.75, 3.05) is 0 Å². The molecule has 2 aromatic heterocycles. The first-order valence-electron chi connectivity index (χ1n) is 7.90. The van der Waals surface area contributed by atoms with Crippen molar-refractivity contribution < 1.29 is 4.79 Å². The molecule has 2 heterocycles. The van der Waals surface area contributed by atoms with Crippen molar-refractivity contribution in [3.63, 3.8) is 0 Å². The van der Waals surface area contributed by atoms with E-state index in [0.29, 0.717) is 0 Å². The van der Waals surface area contributed by atoms with Crippen molar-refractivity contribution in [1.29, 1.82) is 0 Å². The molecular weight excluding hydrogens is 316 g/mol. The fourth-order valence-corrected chi connectivity index (χ4v) is 3.64. The van der Waals surface area contributed by atoms with Gasteiger partial charge in [-0.1, -0.05) is 30.3 Å². The molecule has 24 heavy (non-hydrogen) atoms. The van der Waals surface area contributed by atoms with Crippen LogP contribution in [-0.2, 0) is 13.5 Å². The molecule has 0 aliphatic heterocycles. The Balaban J connectivity index is 1.73. The maximum atomic E-state index is 12.4. The molecule has 0 spiro atoms. The molecule has 0 unspecified atom stereocenters. The third-order valence-corrected chi connectivity index (χ3v) is 5.19. The van der Waals surface area contributed by atoms with Crippen LogP contribution in [0.1, 0.15) is 37.1 Å². The number of benzene rings is 1. The Morgan fingerprint density at radius 1 is 1.17 bits per heavy atom. The van der Waals surface area contributed by atoms with Crippen molar-refractivity contribution in [1.82, 2.24) is 9.78 Å². The SMILES string of the molecule is Cc1nn(C)c(C)c1/C=C/C(=O)c1ccc(Cc2ccccc2)s1. The third kappa shape index (κ3) is 3.54. The van der Waals surface area contributed by atoms with Crippen LogP contribution in [0, 0.1) is 13.8 Å². The Morgan fingerprint density at radius 2 is 1.92 bits per heavy atom. The maximum absolute atomic E-state index is 12.4. The molecule has 0 saturated carbocycles. The van der Waals surface area contributed by atoms with E-state index in [1.165, 1.54) is 10.4 Å². The number of nitrogens with zero attached hydrogens (tertiary/aromatic N) is 2. The lowest BCUT2D eigenvalue weighted by Crippen LogP contribution is -1.93. The van der Waals surface area contributed by atoms with Gasteiger partial charge in [-0.05, 0) is 43.7 Å². The summed E-state index contributed by atoms with van der Waals surface area (Å²) < 4.78 is 1.84. The zero-order valence-electron chi connectivity index (χ0n) is 14.1. The Morgan fingerprint density at radius 3 is 2.58 bits per heavy atom. The van der Waals surface area contributed by atoms with Gasteiger partial charge in [0.15, 0.2) is 5.78 Å². The van der Waals surface area contributed by atoms with Crippen molar-refractivity contribution in [2.24, 2.45) is 7.05 Å². The number of hydrogen-bond donors (Lipinski definition) is 0. The normalized spacial score (nSPS) is 11.3. The molecular formula is C20H20N2OS. The lowest BCUT2D eigenvalue weighted by atomic mass is 10.1. The fourth-order valence-electron chi connectivity index (χ4n) is 2.67. The van der Waals surface area contributed by atoms with Gasteiger partial charge in [0.25, 0.3) is 0 Å². The summed E-state index contributed by atoms with van der Waals surface area (Å²) in [7, 11) is 1.91. The average Bonchev–Trinajstić information content (AvgIpc) is 3.12. The summed E-state index contributed by atoms with van der Waals surface area (Å²) in [5.74, 6) is 0.0435. The highest BCUT2D eigenvalue weighted by atomic mass is 32.1. The minimum absolute atomic E-state index is 0.0435. The monoisotopic (exact) mass is 336 g/mol. The molecule has 0 N–H and O–H groups in total. The Kier molecular flexibility index (Phi) is 4.76. The summed E-state index contributed by atoms with van der Waals surface area (Å²) in [6.45, 7) is 3.97. The molecule has 0 radical (unpaired) electrons. The first-order valence-corrected chi connectivity index (χ1v) is 8.71. The van der Waals surface area contributed by atoms with Gasteiger partial charge in [0, 0.05) is 29.6 Å². The number of ketones is 1. The maximum Gasteiger partial charge on any atom is 0.195 e. The quantitative estimate of drug-likeness (QED) is 0.505. The number of thiophene rings is 1. The van der Waals surface area contributed by atoms with Crippen molar-refractivity contribution >= 4 is 23.2 Å². The molecule has 1 aromatic carbocycles. The number of aromatic nitrogens is 2. The largest absolute Gasteiger partial charge is 0.288 e. The van der Waals surface area contributed by atoms with Gasteiger partial charge in [-0.2, -0.15) is 5.10 Å².